The van der Waals surface area contributed by atoms with Gasteiger partial charge in [0.15, 0.2) is 0 Å². The second kappa shape index (κ2) is 4.75. The molecule has 1 aromatic carbocycles. The van der Waals surface area contributed by atoms with Crippen LogP contribution in [0.1, 0.15) is 16.1 Å². The first-order valence-electron chi connectivity index (χ1n) is 5.75. The Balaban J connectivity index is 2.42. The van der Waals surface area contributed by atoms with Crippen LogP contribution < -0.4 is 5.90 Å². The fourth-order valence-electron chi connectivity index (χ4n) is 2.35. The van der Waals surface area contributed by atoms with Gasteiger partial charge in [0.1, 0.15) is 11.8 Å². The van der Waals surface area contributed by atoms with Gasteiger partial charge in [0.05, 0.1) is 16.8 Å². The largest absolute Gasteiger partial charge is 0.478 e. The highest BCUT2D eigenvalue weighted by molar-refractivity contribution is 6.30. The second-order valence-electron chi connectivity index (χ2n) is 4.31. The Bertz CT molecular complexity index is 828. The first kappa shape index (κ1) is 12.9. The van der Waals surface area contributed by atoms with E-state index in [-0.39, 0.29) is 12.2 Å². The molecule has 0 aliphatic heterocycles. The van der Waals surface area contributed by atoms with Crippen LogP contribution in [0.2, 0.25) is 5.15 Å². The third kappa shape index (κ3) is 1.90. The van der Waals surface area contributed by atoms with Crippen LogP contribution >= 0.6 is 11.6 Å². The van der Waals surface area contributed by atoms with Gasteiger partial charge in [0.2, 0.25) is 0 Å². The number of nitrogens with zero attached hydrogens (tertiary/aromatic N) is 1. The minimum atomic E-state index is -1.04. The van der Waals surface area contributed by atoms with E-state index in [4.69, 9.17) is 17.5 Å². The van der Waals surface area contributed by atoms with Crippen molar-refractivity contribution in [3.05, 3.63) is 40.8 Å². The number of benzene rings is 1. The number of nitrogens with two attached hydrogens (primary N) is 1. The molecule has 0 fully saturated rings. The average molecular weight is 292 g/mol. The van der Waals surface area contributed by atoms with Gasteiger partial charge in [-0.1, -0.05) is 23.7 Å². The average Bonchev–Trinajstić information content (AvgIpc) is 2.77. The number of aromatic carboxylic acids is 1. The lowest BCUT2D eigenvalue weighted by Crippen LogP contribution is -2.05. The van der Waals surface area contributed by atoms with Crippen molar-refractivity contribution in [2.24, 2.45) is 5.90 Å². The minimum Gasteiger partial charge on any atom is -0.478 e. The Morgan fingerprint density at radius 2 is 2.25 bits per heavy atom. The number of rotatable bonds is 3. The van der Waals surface area contributed by atoms with E-state index >= 15 is 0 Å². The second-order valence-corrected chi connectivity index (χ2v) is 4.70. The van der Waals surface area contributed by atoms with Crippen molar-refractivity contribution in [2.75, 3.05) is 0 Å². The number of halogens is 1. The van der Waals surface area contributed by atoms with Crippen molar-refractivity contribution >= 4 is 39.2 Å². The molecule has 0 atom stereocenters. The molecule has 0 aliphatic carbocycles. The van der Waals surface area contributed by atoms with E-state index in [1.54, 1.807) is 24.4 Å². The standard InChI is InChI=1S/C13H10ClN3O3/c14-10-3-8-6(4-16-10)1-2-7-11(13(18)19)9(5-20-15)17-12(7)8/h1-4,17H,5,15H2,(H,18,19). The summed E-state index contributed by atoms with van der Waals surface area (Å²) < 4.78 is 0. The Morgan fingerprint density at radius 1 is 1.45 bits per heavy atom. The van der Waals surface area contributed by atoms with Crippen LogP contribution in [0.3, 0.4) is 0 Å². The summed E-state index contributed by atoms with van der Waals surface area (Å²) in [6.07, 6.45) is 1.64. The number of H-pyrrole nitrogens is 1. The highest BCUT2D eigenvalue weighted by Crippen LogP contribution is 2.30. The molecule has 3 aromatic rings. The van der Waals surface area contributed by atoms with Crippen molar-refractivity contribution in [3.63, 3.8) is 0 Å². The molecule has 0 aliphatic rings. The molecular weight excluding hydrogens is 282 g/mol. The zero-order valence-corrected chi connectivity index (χ0v) is 10.9. The van der Waals surface area contributed by atoms with E-state index in [0.29, 0.717) is 21.7 Å². The summed E-state index contributed by atoms with van der Waals surface area (Å²) >= 11 is 5.90. The lowest BCUT2D eigenvalue weighted by atomic mass is 10.1. The smallest absolute Gasteiger partial charge is 0.338 e. The number of fused-ring (bicyclic) bond motifs is 3. The summed E-state index contributed by atoms with van der Waals surface area (Å²) in [5, 5.41) is 11.9. The van der Waals surface area contributed by atoms with Gasteiger partial charge in [-0.2, -0.15) is 0 Å². The van der Waals surface area contributed by atoms with Crippen LogP contribution in [0, 0.1) is 0 Å². The Kier molecular flexibility index (Phi) is 3.06. The van der Waals surface area contributed by atoms with Crippen molar-refractivity contribution in [1.29, 1.82) is 0 Å². The van der Waals surface area contributed by atoms with Crippen LogP contribution in [-0.2, 0) is 11.4 Å². The Morgan fingerprint density at radius 3 is 2.95 bits per heavy atom. The summed E-state index contributed by atoms with van der Waals surface area (Å²) in [5.74, 6) is 4.01. The molecule has 20 heavy (non-hydrogen) atoms. The molecule has 7 heteroatoms. The molecule has 0 amide bonds. The Hall–Kier alpha value is -2.15. The van der Waals surface area contributed by atoms with Gasteiger partial charge in [-0.25, -0.2) is 15.7 Å². The maximum atomic E-state index is 11.4. The lowest BCUT2D eigenvalue weighted by molar-refractivity contribution is 0.0689. The maximum Gasteiger partial charge on any atom is 0.338 e. The van der Waals surface area contributed by atoms with Crippen LogP contribution in [-0.4, -0.2) is 21.0 Å². The van der Waals surface area contributed by atoms with Gasteiger partial charge in [-0.3, -0.25) is 4.84 Å². The van der Waals surface area contributed by atoms with E-state index in [2.05, 4.69) is 14.8 Å². The Labute approximate surface area is 118 Å². The van der Waals surface area contributed by atoms with Gasteiger partial charge in [-0.15, -0.1) is 0 Å². The fraction of sp³-hybridized carbons (Fsp3) is 0.0769. The highest BCUT2D eigenvalue weighted by Gasteiger charge is 2.19. The predicted octanol–water partition coefficient (Wildman–Crippen LogP) is 2.46. The molecule has 0 spiro atoms. The summed E-state index contributed by atoms with van der Waals surface area (Å²) in [6, 6.07) is 5.22. The number of nitrogens with one attached hydrogen (secondary N) is 1. The highest BCUT2D eigenvalue weighted by atomic mass is 35.5. The molecular formula is C13H10ClN3O3. The zero-order valence-electron chi connectivity index (χ0n) is 10.2. The van der Waals surface area contributed by atoms with Crippen LogP contribution in [0.25, 0.3) is 21.7 Å². The first-order chi connectivity index (χ1) is 9.61. The van der Waals surface area contributed by atoms with Crippen molar-refractivity contribution < 1.29 is 14.7 Å². The van der Waals surface area contributed by atoms with Crippen molar-refractivity contribution in [1.82, 2.24) is 9.97 Å². The topological polar surface area (TPSA) is 101 Å². The predicted molar refractivity (Wildman–Crippen MR) is 74.5 cm³/mol. The number of pyridine rings is 1. The SMILES string of the molecule is NOCc1[nH]c2c(ccc3cnc(Cl)cc32)c1C(=O)O. The van der Waals surface area contributed by atoms with Crippen LogP contribution in [0.15, 0.2) is 24.4 Å². The van der Waals surface area contributed by atoms with E-state index in [0.717, 1.165) is 10.8 Å². The van der Waals surface area contributed by atoms with E-state index in [1.807, 2.05) is 0 Å². The molecule has 102 valence electrons. The third-order valence-corrected chi connectivity index (χ3v) is 3.36. The minimum absolute atomic E-state index is 0.0172. The summed E-state index contributed by atoms with van der Waals surface area (Å²) in [5.41, 5.74) is 1.24. The molecule has 4 N–H and O–H groups in total. The summed E-state index contributed by atoms with van der Waals surface area (Å²) in [6.45, 7) is -0.0172. The molecule has 0 radical (unpaired) electrons. The molecule has 2 heterocycles. The monoisotopic (exact) mass is 291 g/mol. The lowest BCUT2D eigenvalue weighted by Gasteiger charge is -2.00. The van der Waals surface area contributed by atoms with Crippen LogP contribution in [0.4, 0.5) is 0 Å². The number of aromatic amines is 1. The number of hydrogen-bond donors (Lipinski definition) is 3. The maximum absolute atomic E-state index is 11.4. The van der Waals surface area contributed by atoms with Gasteiger partial charge in [0, 0.05) is 22.4 Å². The summed E-state index contributed by atoms with van der Waals surface area (Å²) in [7, 11) is 0. The molecule has 0 saturated heterocycles. The third-order valence-electron chi connectivity index (χ3n) is 3.16. The quantitative estimate of drug-likeness (QED) is 0.508. The zero-order chi connectivity index (χ0) is 14.3. The number of aromatic nitrogens is 2. The molecule has 3 rings (SSSR count). The van der Waals surface area contributed by atoms with Crippen molar-refractivity contribution in [3.8, 4) is 0 Å². The van der Waals surface area contributed by atoms with Gasteiger partial charge >= 0.3 is 5.97 Å². The molecule has 0 saturated carbocycles. The molecule has 2 aromatic heterocycles. The van der Waals surface area contributed by atoms with Crippen LogP contribution in [0.5, 0.6) is 0 Å². The number of carboxylic acids is 1. The summed E-state index contributed by atoms with van der Waals surface area (Å²) in [4.78, 5) is 23.0. The van der Waals surface area contributed by atoms with E-state index < -0.39 is 5.97 Å². The molecule has 6 nitrogen and oxygen atoms in total. The van der Waals surface area contributed by atoms with Crippen molar-refractivity contribution in [2.45, 2.75) is 6.61 Å². The molecule has 0 unspecified atom stereocenters. The van der Waals surface area contributed by atoms with E-state index in [1.165, 1.54) is 0 Å². The van der Waals surface area contributed by atoms with Gasteiger partial charge in [0.25, 0.3) is 0 Å². The van der Waals surface area contributed by atoms with Gasteiger partial charge in [-0.05, 0) is 6.07 Å². The number of carbonyl (C=O) groups is 1. The normalized spacial score (nSPS) is 11.3. The van der Waals surface area contributed by atoms with Gasteiger partial charge < -0.3 is 10.1 Å². The molecule has 0 bridgehead atoms. The number of hydrogen-bond acceptors (Lipinski definition) is 4. The first-order valence-corrected chi connectivity index (χ1v) is 6.13. The number of carboxylic acid groups (broad SMARTS) is 1. The van der Waals surface area contributed by atoms with E-state index in [9.17, 15) is 9.90 Å². The fourth-order valence-corrected chi connectivity index (χ4v) is 2.50.